The van der Waals surface area contributed by atoms with Gasteiger partial charge in [-0.1, -0.05) is 19.4 Å². The Morgan fingerprint density at radius 2 is 1.75 bits per heavy atom. The quantitative estimate of drug-likeness (QED) is 0.827. The summed E-state index contributed by atoms with van der Waals surface area (Å²) in [4.78, 5) is 0. The van der Waals surface area contributed by atoms with Crippen LogP contribution in [0.2, 0.25) is 0 Å². The zero-order chi connectivity index (χ0) is 14.2. The average molecular weight is 313 g/mol. The maximum absolute atomic E-state index is 12.9. The van der Waals surface area contributed by atoms with Gasteiger partial charge in [-0.2, -0.15) is 4.31 Å². The average Bonchev–Trinajstić information content (AvgIpc) is 3.10. The summed E-state index contributed by atoms with van der Waals surface area (Å²) in [7, 11) is -3.27. The van der Waals surface area contributed by atoms with Gasteiger partial charge in [-0.05, 0) is 55.9 Å². The lowest BCUT2D eigenvalue weighted by molar-refractivity contribution is 0.207. The second kappa shape index (κ2) is 5.78. The highest BCUT2D eigenvalue weighted by Gasteiger charge is 2.43. The molecule has 1 heterocycles. The van der Waals surface area contributed by atoms with Crippen LogP contribution in [-0.4, -0.2) is 24.8 Å². The molecule has 0 unspecified atom stereocenters. The Morgan fingerprint density at radius 1 is 1.15 bits per heavy atom. The van der Waals surface area contributed by atoms with Gasteiger partial charge in [-0.3, -0.25) is 0 Å². The number of sulfonamides is 1. The summed E-state index contributed by atoms with van der Waals surface area (Å²) in [5.41, 5.74) is 0. The van der Waals surface area contributed by atoms with Crippen molar-refractivity contribution in [2.24, 2.45) is 5.92 Å². The summed E-state index contributed by atoms with van der Waals surface area (Å²) in [6.45, 7) is 2.24. The van der Waals surface area contributed by atoms with Crippen LogP contribution in [0, 0.1) is 5.92 Å². The van der Waals surface area contributed by atoms with Crippen LogP contribution in [0.1, 0.15) is 51.9 Å². The molecule has 0 bridgehead atoms. The second-order valence-corrected chi connectivity index (χ2v) is 9.10. The minimum absolute atomic E-state index is 0.234. The number of hydrogen-bond donors (Lipinski definition) is 0. The van der Waals surface area contributed by atoms with Gasteiger partial charge in [0.1, 0.15) is 4.21 Å². The molecule has 112 valence electrons. The van der Waals surface area contributed by atoms with Gasteiger partial charge >= 0.3 is 0 Å². The molecule has 0 spiro atoms. The lowest BCUT2D eigenvalue weighted by Crippen LogP contribution is -2.43. The molecular formula is C15H23NO2S2. The smallest absolute Gasteiger partial charge is 0.206 e. The molecule has 0 saturated heterocycles. The Hall–Kier alpha value is -0.390. The summed E-state index contributed by atoms with van der Waals surface area (Å²) in [5.74, 6) is 0.803. The molecule has 2 aliphatic rings. The maximum Gasteiger partial charge on any atom is 0.253 e. The predicted molar refractivity (Wildman–Crippen MR) is 82.4 cm³/mol. The van der Waals surface area contributed by atoms with E-state index in [1.807, 2.05) is 15.8 Å². The van der Waals surface area contributed by atoms with E-state index >= 15 is 0 Å². The first kappa shape index (κ1) is 14.5. The van der Waals surface area contributed by atoms with Crippen molar-refractivity contribution in [3.63, 3.8) is 0 Å². The van der Waals surface area contributed by atoms with Gasteiger partial charge in [-0.15, -0.1) is 11.3 Å². The molecule has 5 heteroatoms. The summed E-state index contributed by atoms with van der Waals surface area (Å²) in [6, 6.07) is 4.08. The molecule has 0 radical (unpaired) electrons. The van der Waals surface area contributed by atoms with E-state index in [4.69, 9.17) is 0 Å². The van der Waals surface area contributed by atoms with Crippen LogP contribution >= 0.6 is 11.3 Å². The fraction of sp³-hybridized carbons (Fsp3) is 0.733. The van der Waals surface area contributed by atoms with Crippen LogP contribution in [0.15, 0.2) is 21.7 Å². The van der Waals surface area contributed by atoms with Crippen molar-refractivity contribution in [3.05, 3.63) is 17.5 Å². The van der Waals surface area contributed by atoms with Gasteiger partial charge in [0.15, 0.2) is 0 Å². The fourth-order valence-electron chi connectivity index (χ4n) is 3.34. The summed E-state index contributed by atoms with van der Waals surface area (Å²) < 4.78 is 28.1. The molecule has 3 rings (SSSR count). The Bertz CT molecular complexity index is 526. The highest BCUT2D eigenvalue weighted by atomic mass is 32.2. The molecule has 20 heavy (non-hydrogen) atoms. The molecule has 2 aliphatic carbocycles. The molecule has 0 aromatic carbocycles. The Labute approximate surface area is 126 Å². The molecule has 2 saturated carbocycles. The molecule has 3 nitrogen and oxygen atoms in total. The van der Waals surface area contributed by atoms with Crippen LogP contribution < -0.4 is 0 Å². The predicted octanol–water partition coefficient (Wildman–Crippen LogP) is 3.87. The number of thiophene rings is 1. The van der Waals surface area contributed by atoms with E-state index in [1.54, 1.807) is 6.07 Å². The molecule has 1 aromatic rings. The summed E-state index contributed by atoms with van der Waals surface area (Å²) in [6.07, 6.45) is 7.76. The van der Waals surface area contributed by atoms with Crippen molar-refractivity contribution in [2.45, 2.75) is 68.2 Å². The molecule has 0 atom stereocenters. The van der Waals surface area contributed by atoms with Crippen LogP contribution in [0.25, 0.3) is 0 Å². The molecule has 2 fully saturated rings. The number of rotatable bonds is 5. The van der Waals surface area contributed by atoms with E-state index in [0.29, 0.717) is 4.21 Å². The van der Waals surface area contributed by atoms with E-state index in [1.165, 1.54) is 30.6 Å². The Morgan fingerprint density at radius 3 is 2.20 bits per heavy atom. The zero-order valence-corrected chi connectivity index (χ0v) is 13.6. The van der Waals surface area contributed by atoms with Crippen molar-refractivity contribution in [3.8, 4) is 0 Å². The highest BCUT2D eigenvalue weighted by molar-refractivity contribution is 7.91. The lowest BCUT2D eigenvalue weighted by atomic mass is 9.84. The van der Waals surface area contributed by atoms with Gasteiger partial charge in [-0.25, -0.2) is 8.42 Å². The third-order valence-corrected chi connectivity index (χ3v) is 8.07. The number of nitrogens with zero attached hydrogens (tertiary/aromatic N) is 1. The van der Waals surface area contributed by atoms with E-state index in [-0.39, 0.29) is 12.1 Å². The first-order valence-electron chi connectivity index (χ1n) is 7.70. The number of hydrogen-bond acceptors (Lipinski definition) is 3. The third kappa shape index (κ3) is 2.81. The van der Waals surface area contributed by atoms with E-state index in [2.05, 4.69) is 6.92 Å². The van der Waals surface area contributed by atoms with Gasteiger partial charge in [0.25, 0.3) is 10.0 Å². The van der Waals surface area contributed by atoms with E-state index in [0.717, 1.165) is 31.6 Å². The van der Waals surface area contributed by atoms with Crippen molar-refractivity contribution in [1.29, 1.82) is 0 Å². The maximum atomic E-state index is 12.9. The Balaban J connectivity index is 1.80. The largest absolute Gasteiger partial charge is 0.253 e. The van der Waals surface area contributed by atoms with E-state index in [9.17, 15) is 8.42 Å². The lowest BCUT2D eigenvalue weighted by Gasteiger charge is -2.35. The van der Waals surface area contributed by atoms with Crippen molar-refractivity contribution < 1.29 is 8.42 Å². The van der Waals surface area contributed by atoms with Gasteiger partial charge in [0.05, 0.1) is 0 Å². The topological polar surface area (TPSA) is 37.4 Å². The fourth-order valence-corrected chi connectivity index (χ4v) is 6.37. The summed E-state index contributed by atoms with van der Waals surface area (Å²) >= 11 is 1.34. The molecule has 0 N–H and O–H groups in total. The van der Waals surface area contributed by atoms with Gasteiger partial charge in [0, 0.05) is 12.1 Å². The minimum Gasteiger partial charge on any atom is -0.206 e. The first-order chi connectivity index (χ1) is 9.63. The van der Waals surface area contributed by atoms with Crippen molar-refractivity contribution in [2.75, 3.05) is 0 Å². The SMILES string of the molecule is CCC1CCC(N(C2CC2)S(=O)(=O)c2cccs2)CC1. The van der Waals surface area contributed by atoms with Crippen molar-refractivity contribution in [1.82, 2.24) is 4.31 Å². The molecular weight excluding hydrogens is 290 g/mol. The van der Waals surface area contributed by atoms with Crippen LogP contribution in [-0.2, 0) is 10.0 Å². The molecule has 0 amide bonds. The normalized spacial score (nSPS) is 27.9. The monoisotopic (exact) mass is 313 g/mol. The van der Waals surface area contributed by atoms with Crippen molar-refractivity contribution >= 4 is 21.4 Å². The highest BCUT2D eigenvalue weighted by Crippen LogP contribution is 2.40. The second-order valence-electron chi connectivity index (χ2n) is 6.08. The molecule has 0 aliphatic heterocycles. The van der Waals surface area contributed by atoms with Crippen LogP contribution in [0.4, 0.5) is 0 Å². The van der Waals surface area contributed by atoms with Gasteiger partial charge in [0.2, 0.25) is 0 Å². The minimum atomic E-state index is -3.27. The standard InChI is InChI=1S/C15H23NO2S2/c1-2-12-5-7-13(8-6-12)16(14-9-10-14)20(17,18)15-4-3-11-19-15/h3-4,11-14H,2,5-10H2,1H3. The third-order valence-electron chi connectivity index (χ3n) is 4.69. The van der Waals surface area contributed by atoms with Crippen LogP contribution in [0.5, 0.6) is 0 Å². The molecule has 1 aromatic heterocycles. The van der Waals surface area contributed by atoms with Crippen LogP contribution in [0.3, 0.4) is 0 Å². The van der Waals surface area contributed by atoms with E-state index < -0.39 is 10.0 Å². The summed E-state index contributed by atoms with van der Waals surface area (Å²) in [5, 5.41) is 1.85. The first-order valence-corrected chi connectivity index (χ1v) is 10.0. The van der Waals surface area contributed by atoms with Gasteiger partial charge < -0.3 is 0 Å². The Kier molecular flexibility index (Phi) is 4.20. The zero-order valence-electron chi connectivity index (χ0n) is 12.0.